The summed E-state index contributed by atoms with van der Waals surface area (Å²) in [6.07, 6.45) is 2.63. The van der Waals surface area contributed by atoms with E-state index in [1.54, 1.807) is 12.1 Å². The number of carboxylic acid groups (broad SMARTS) is 1. The summed E-state index contributed by atoms with van der Waals surface area (Å²) in [5, 5.41) is 23.6. The van der Waals surface area contributed by atoms with Crippen molar-refractivity contribution in [1.82, 2.24) is 15.5 Å². The molecule has 0 spiro atoms. The molecule has 0 aromatic heterocycles. The fraction of sp³-hybridized carbons (Fsp3) is 0.522. The minimum atomic E-state index is -1.52. The number of thioether (sulfide) groups is 1. The van der Waals surface area contributed by atoms with Gasteiger partial charge in [0.25, 0.3) is 0 Å². The van der Waals surface area contributed by atoms with Crippen LogP contribution >= 0.6 is 11.8 Å². The van der Waals surface area contributed by atoms with Gasteiger partial charge in [0.2, 0.25) is 23.6 Å². The zero-order chi connectivity index (χ0) is 26.8. The van der Waals surface area contributed by atoms with E-state index >= 15 is 0 Å². The lowest BCUT2D eigenvalue weighted by atomic mass is 10.0. The molecule has 1 saturated heterocycles. The van der Waals surface area contributed by atoms with Crippen LogP contribution in [0.5, 0.6) is 5.75 Å². The summed E-state index contributed by atoms with van der Waals surface area (Å²) < 4.78 is 0. The third kappa shape index (κ3) is 8.41. The molecule has 198 valence electrons. The van der Waals surface area contributed by atoms with Gasteiger partial charge < -0.3 is 37.2 Å². The minimum absolute atomic E-state index is 0.0966. The molecule has 4 atom stereocenters. The predicted molar refractivity (Wildman–Crippen MR) is 133 cm³/mol. The zero-order valence-corrected chi connectivity index (χ0v) is 20.8. The maximum Gasteiger partial charge on any atom is 0.326 e. The highest BCUT2D eigenvalue weighted by atomic mass is 32.2. The number of aliphatic carboxylic acids is 1. The Morgan fingerprint density at radius 1 is 1.14 bits per heavy atom. The summed E-state index contributed by atoms with van der Waals surface area (Å²) in [5.41, 5.74) is 11.9. The van der Waals surface area contributed by atoms with E-state index in [9.17, 15) is 34.2 Å². The lowest BCUT2D eigenvalue weighted by Crippen LogP contribution is -2.57. The van der Waals surface area contributed by atoms with Gasteiger partial charge >= 0.3 is 5.97 Å². The Morgan fingerprint density at radius 3 is 2.39 bits per heavy atom. The van der Waals surface area contributed by atoms with Crippen molar-refractivity contribution in [2.24, 2.45) is 11.5 Å². The van der Waals surface area contributed by atoms with Gasteiger partial charge in [-0.15, -0.1) is 0 Å². The highest BCUT2D eigenvalue weighted by Crippen LogP contribution is 2.20. The molecule has 13 heteroatoms. The van der Waals surface area contributed by atoms with Crippen LogP contribution in [0, 0.1) is 0 Å². The number of hydrogen-bond donors (Lipinski definition) is 6. The zero-order valence-electron chi connectivity index (χ0n) is 20.0. The molecule has 1 aromatic carbocycles. The molecule has 1 aliphatic rings. The van der Waals surface area contributed by atoms with E-state index in [0.29, 0.717) is 25.1 Å². The van der Waals surface area contributed by atoms with Crippen LogP contribution in [-0.4, -0.2) is 87.4 Å². The Morgan fingerprint density at radius 2 is 1.81 bits per heavy atom. The highest BCUT2D eigenvalue weighted by Gasteiger charge is 2.38. The summed E-state index contributed by atoms with van der Waals surface area (Å²) in [4.78, 5) is 62.8. The number of nitrogens with two attached hydrogens (primary N) is 2. The summed E-state index contributed by atoms with van der Waals surface area (Å²) >= 11 is 1.44. The number of amides is 4. The standard InChI is InChI=1S/C23H33N5O7S/c1-36-10-8-16(20(31)27-17(23(34)35)12-19(25)30)26-21(32)18-3-2-9-28(18)22(33)15(24)11-13-4-6-14(29)7-5-13/h4-7,15-18,29H,2-3,8-12,24H2,1H3,(H2,25,30)(H,26,32)(H,27,31)(H,34,35). The largest absolute Gasteiger partial charge is 0.508 e. The van der Waals surface area contributed by atoms with Crippen LogP contribution < -0.4 is 22.1 Å². The van der Waals surface area contributed by atoms with Crippen molar-refractivity contribution in [1.29, 1.82) is 0 Å². The Labute approximate surface area is 213 Å². The molecule has 36 heavy (non-hydrogen) atoms. The van der Waals surface area contributed by atoms with Crippen molar-refractivity contribution >= 4 is 41.4 Å². The smallest absolute Gasteiger partial charge is 0.326 e. The fourth-order valence-electron chi connectivity index (χ4n) is 3.94. The first-order chi connectivity index (χ1) is 17.0. The Bertz CT molecular complexity index is 959. The van der Waals surface area contributed by atoms with Crippen molar-refractivity contribution in [3.63, 3.8) is 0 Å². The number of likely N-dealkylation sites (tertiary alicyclic amines) is 1. The topological polar surface area (TPSA) is 205 Å². The van der Waals surface area contributed by atoms with E-state index in [4.69, 9.17) is 11.5 Å². The number of primary amides is 1. The van der Waals surface area contributed by atoms with Crippen molar-refractivity contribution in [2.75, 3.05) is 18.6 Å². The van der Waals surface area contributed by atoms with Crippen molar-refractivity contribution in [3.8, 4) is 5.75 Å². The van der Waals surface area contributed by atoms with Crippen molar-refractivity contribution in [2.45, 2.75) is 56.3 Å². The molecule has 12 nitrogen and oxygen atoms in total. The number of phenolic OH excluding ortho intramolecular Hbond substituents is 1. The van der Waals surface area contributed by atoms with Crippen LogP contribution in [0.1, 0.15) is 31.2 Å². The van der Waals surface area contributed by atoms with Crippen LogP contribution in [0.4, 0.5) is 0 Å². The summed E-state index contributed by atoms with van der Waals surface area (Å²) in [7, 11) is 0. The van der Waals surface area contributed by atoms with Crippen LogP contribution in [0.2, 0.25) is 0 Å². The van der Waals surface area contributed by atoms with Gasteiger partial charge in [-0.05, 0) is 55.4 Å². The number of aromatic hydroxyl groups is 1. The average molecular weight is 524 g/mol. The summed E-state index contributed by atoms with van der Waals surface area (Å²) in [5.74, 6) is -3.43. The summed E-state index contributed by atoms with van der Waals surface area (Å²) in [6.45, 7) is 0.335. The van der Waals surface area contributed by atoms with Gasteiger partial charge in [0.15, 0.2) is 0 Å². The number of phenols is 1. The Kier molecular flexibility index (Phi) is 11.0. The molecule has 1 aromatic rings. The molecule has 8 N–H and O–H groups in total. The molecule has 4 unspecified atom stereocenters. The first-order valence-electron chi connectivity index (χ1n) is 11.5. The van der Waals surface area contributed by atoms with Crippen molar-refractivity contribution in [3.05, 3.63) is 29.8 Å². The number of carbonyl (C=O) groups is 5. The maximum absolute atomic E-state index is 13.1. The minimum Gasteiger partial charge on any atom is -0.508 e. The van der Waals surface area contributed by atoms with Gasteiger partial charge in [-0.25, -0.2) is 4.79 Å². The van der Waals surface area contributed by atoms with E-state index in [2.05, 4.69) is 10.6 Å². The van der Waals surface area contributed by atoms with Crippen LogP contribution in [-0.2, 0) is 30.4 Å². The second-order valence-corrected chi connectivity index (χ2v) is 9.56. The first kappa shape index (κ1) is 28.9. The van der Waals surface area contributed by atoms with Gasteiger partial charge in [-0.1, -0.05) is 12.1 Å². The van der Waals surface area contributed by atoms with E-state index in [0.717, 1.165) is 5.56 Å². The third-order valence-electron chi connectivity index (χ3n) is 5.81. The summed E-state index contributed by atoms with van der Waals surface area (Å²) in [6, 6.07) is 2.00. The SMILES string of the molecule is CSCCC(NC(=O)C1CCCN1C(=O)C(N)Cc1ccc(O)cc1)C(=O)NC(CC(N)=O)C(=O)O. The molecule has 2 rings (SSSR count). The van der Waals surface area contributed by atoms with E-state index in [1.165, 1.54) is 28.8 Å². The number of rotatable bonds is 13. The maximum atomic E-state index is 13.1. The highest BCUT2D eigenvalue weighted by molar-refractivity contribution is 7.98. The van der Waals surface area contributed by atoms with Gasteiger partial charge in [0, 0.05) is 6.54 Å². The quantitative estimate of drug-likeness (QED) is 0.186. The molecule has 1 heterocycles. The normalized spacial score (nSPS) is 17.6. The van der Waals surface area contributed by atoms with E-state index in [-0.39, 0.29) is 18.6 Å². The number of nitrogens with one attached hydrogen (secondary N) is 2. The van der Waals surface area contributed by atoms with Gasteiger partial charge in [-0.2, -0.15) is 11.8 Å². The molecule has 1 aliphatic heterocycles. The van der Waals surface area contributed by atoms with Gasteiger partial charge in [0.05, 0.1) is 12.5 Å². The monoisotopic (exact) mass is 523 g/mol. The number of hydrogen-bond acceptors (Lipinski definition) is 8. The lowest BCUT2D eigenvalue weighted by molar-refractivity contribution is -0.144. The second-order valence-electron chi connectivity index (χ2n) is 8.58. The number of nitrogens with zero attached hydrogens (tertiary/aromatic N) is 1. The number of benzene rings is 1. The molecule has 1 fully saturated rings. The van der Waals surface area contributed by atoms with Crippen LogP contribution in [0.15, 0.2) is 24.3 Å². The molecular weight excluding hydrogens is 490 g/mol. The molecule has 0 saturated carbocycles. The molecule has 0 radical (unpaired) electrons. The second kappa shape index (κ2) is 13.7. The van der Waals surface area contributed by atoms with E-state index < -0.39 is 60.2 Å². The first-order valence-corrected chi connectivity index (χ1v) is 12.9. The molecule has 0 aliphatic carbocycles. The molecular formula is C23H33N5O7S. The van der Waals surface area contributed by atoms with Gasteiger partial charge in [0.1, 0.15) is 23.9 Å². The van der Waals surface area contributed by atoms with Crippen molar-refractivity contribution < 1.29 is 34.2 Å². The Balaban J connectivity index is 2.07. The number of carboxylic acids is 1. The van der Waals surface area contributed by atoms with Gasteiger partial charge in [-0.3, -0.25) is 19.2 Å². The number of carbonyl (C=O) groups excluding carboxylic acids is 4. The Hall–Kier alpha value is -3.32. The third-order valence-corrected chi connectivity index (χ3v) is 6.46. The van der Waals surface area contributed by atoms with E-state index in [1.807, 2.05) is 6.26 Å². The predicted octanol–water partition coefficient (Wildman–Crippen LogP) is -1.06. The fourth-order valence-corrected chi connectivity index (χ4v) is 4.41. The lowest BCUT2D eigenvalue weighted by Gasteiger charge is -2.28. The molecule has 4 amide bonds. The van der Waals surface area contributed by atoms with Crippen LogP contribution in [0.25, 0.3) is 0 Å². The van der Waals surface area contributed by atoms with Crippen LogP contribution in [0.3, 0.4) is 0 Å². The average Bonchev–Trinajstić information content (AvgIpc) is 3.31. The molecule has 0 bridgehead atoms.